The van der Waals surface area contributed by atoms with Gasteiger partial charge in [0.15, 0.2) is 0 Å². The number of rotatable bonds is 3. The molecule has 1 amide bonds. The highest BCUT2D eigenvalue weighted by atomic mass is 35.5. The maximum atomic E-state index is 13.3. The van der Waals surface area contributed by atoms with Gasteiger partial charge in [-0.05, 0) is 55.3 Å². The van der Waals surface area contributed by atoms with Gasteiger partial charge in [0.05, 0.1) is 10.6 Å². The van der Waals surface area contributed by atoms with Crippen molar-refractivity contribution in [3.05, 3.63) is 64.7 Å². The first kappa shape index (κ1) is 20.1. The van der Waals surface area contributed by atoms with Gasteiger partial charge in [-0.2, -0.15) is 0 Å². The summed E-state index contributed by atoms with van der Waals surface area (Å²) in [4.78, 5) is 19.4. The molecular formula is C22H24ClF2N3O. The van der Waals surface area contributed by atoms with Gasteiger partial charge in [-0.1, -0.05) is 11.6 Å². The molecule has 2 aliphatic heterocycles. The number of likely N-dealkylation sites (tertiary alicyclic amines) is 1. The Hall–Kier alpha value is -2.18. The summed E-state index contributed by atoms with van der Waals surface area (Å²) < 4.78 is 26.4. The molecule has 2 aliphatic rings. The van der Waals surface area contributed by atoms with Crippen LogP contribution in [0, 0.1) is 11.6 Å². The first-order chi connectivity index (χ1) is 14.0. The Bertz CT molecular complexity index is 869. The Morgan fingerprint density at radius 3 is 2.31 bits per heavy atom. The van der Waals surface area contributed by atoms with Crippen LogP contribution in [0.5, 0.6) is 0 Å². The molecule has 0 unspecified atom stereocenters. The fourth-order valence-corrected chi connectivity index (χ4v) is 4.52. The summed E-state index contributed by atoms with van der Waals surface area (Å²) in [6.45, 7) is 4.91. The zero-order valence-electron chi connectivity index (χ0n) is 16.2. The standard InChI is InChI=1S/C22H24ClF2N3O/c23-21-14-17(25)5-8-20(21)22(29)28-9-1-2-19(15-28)27-12-10-26(11-13-27)18-6-3-16(24)4-7-18/h3-8,14,19H,1-2,9-13,15H2/t19-/m1/s1. The van der Waals surface area contributed by atoms with E-state index in [9.17, 15) is 13.6 Å². The summed E-state index contributed by atoms with van der Waals surface area (Å²) in [5.74, 6) is -0.799. The monoisotopic (exact) mass is 419 g/mol. The van der Waals surface area contributed by atoms with Crippen molar-refractivity contribution in [2.24, 2.45) is 0 Å². The predicted molar refractivity (Wildman–Crippen MR) is 111 cm³/mol. The van der Waals surface area contributed by atoms with Crippen LogP contribution in [-0.2, 0) is 0 Å². The number of nitrogens with zero attached hydrogens (tertiary/aromatic N) is 3. The van der Waals surface area contributed by atoms with Crippen LogP contribution in [0.15, 0.2) is 42.5 Å². The highest BCUT2D eigenvalue weighted by Crippen LogP contribution is 2.24. The Labute approximate surface area is 174 Å². The molecular weight excluding hydrogens is 396 g/mol. The van der Waals surface area contributed by atoms with Crippen LogP contribution in [0.4, 0.5) is 14.5 Å². The molecule has 2 fully saturated rings. The summed E-state index contributed by atoms with van der Waals surface area (Å²) in [5, 5.41) is 0.157. The first-order valence-electron chi connectivity index (χ1n) is 10.00. The smallest absolute Gasteiger partial charge is 0.255 e. The van der Waals surface area contributed by atoms with Crippen LogP contribution in [-0.4, -0.2) is 61.0 Å². The summed E-state index contributed by atoms with van der Waals surface area (Å²) >= 11 is 6.09. The van der Waals surface area contributed by atoms with Crippen molar-refractivity contribution >= 4 is 23.2 Å². The molecule has 0 aliphatic carbocycles. The number of anilines is 1. The zero-order valence-corrected chi connectivity index (χ0v) is 16.9. The number of halogens is 3. The van der Waals surface area contributed by atoms with Crippen LogP contribution in [0.1, 0.15) is 23.2 Å². The fourth-order valence-electron chi connectivity index (χ4n) is 4.27. The van der Waals surface area contributed by atoms with E-state index in [2.05, 4.69) is 9.80 Å². The summed E-state index contributed by atoms with van der Waals surface area (Å²) in [6.07, 6.45) is 1.99. The van der Waals surface area contributed by atoms with Gasteiger partial charge < -0.3 is 9.80 Å². The van der Waals surface area contributed by atoms with Crippen molar-refractivity contribution in [1.29, 1.82) is 0 Å². The number of piperidine rings is 1. The molecule has 0 spiro atoms. The Balaban J connectivity index is 1.36. The molecule has 0 saturated carbocycles. The Morgan fingerprint density at radius 2 is 1.62 bits per heavy atom. The molecule has 1 atom stereocenters. The maximum Gasteiger partial charge on any atom is 0.255 e. The number of amides is 1. The van der Waals surface area contributed by atoms with Gasteiger partial charge in [0, 0.05) is 51.0 Å². The van der Waals surface area contributed by atoms with E-state index in [-0.39, 0.29) is 16.7 Å². The second-order valence-corrected chi connectivity index (χ2v) is 8.08. The predicted octanol–water partition coefficient (Wildman–Crippen LogP) is 4.05. The quantitative estimate of drug-likeness (QED) is 0.751. The van der Waals surface area contributed by atoms with E-state index in [0.29, 0.717) is 24.7 Å². The summed E-state index contributed by atoms with van der Waals surface area (Å²) in [5.41, 5.74) is 1.40. The molecule has 29 heavy (non-hydrogen) atoms. The summed E-state index contributed by atoms with van der Waals surface area (Å²) in [7, 11) is 0. The SMILES string of the molecule is O=C(c1ccc(F)cc1Cl)N1CCC[C@@H](N2CCN(c3ccc(F)cc3)CC2)C1. The number of hydrogen-bond acceptors (Lipinski definition) is 3. The Morgan fingerprint density at radius 1 is 0.931 bits per heavy atom. The number of piperazine rings is 1. The normalized spacial score (nSPS) is 20.7. The van der Waals surface area contributed by atoms with E-state index in [1.54, 1.807) is 0 Å². The third-order valence-corrected chi connectivity index (χ3v) is 6.18. The lowest BCUT2D eigenvalue weighted by Crippen LogP contribution is -2.55. The van der Waals surface area contributed by atoms with E-state index in [0.717, 1.165) is 44.7 Å². The molecule has 2 aromatic carbocycles. The lowest BCUT2D eigenvalue weighted by atomic mass is 10.0. The van der Waals surface area contributed by atoms with Crippen LogP contribution >= 0.6 is 11.6 Å². The first-order valence-corrected chi connectivity index (χ1v) is 10.4. The van der Waals surface area contributed by atoms with Crippen molar-refractivity contribution in [2.75, 3.05) is 44.2 Å². The minimum atomic E-state index is -0.443. The topological polar surface area (TPSA) is 26.8 Å². The molecule has 0 bridgehead atoms. The molecule has 154 valence electrons. The van der Waals surface area contributed by atoms with Crippen LogP contribution in [0.3, 0.4) is 0 Å². The van der Waals surface area contributed by atoms with Gasteiger partial charge in [0.2, 0.25) is 0 Å². The van der Waals surface area contributed by atoms with Crippen LogP contribution in [0.25, 0.3) is 0 Å². The largest absolute Gasteiger partial charge is 0.369 e. The van der Waals surface area contributed by atoms with Gasteiger partial charge in [-0.15, -0.1) is 0 Å². The molecule has 4 rings (SSSR count). The van der Waals surface area contributed by atoms with Crippen molar-refractivity contribution in [3.8, 4) is 0 Å². The number of carbonyl (C=O) groups excluding carboxylic acids is 1. The zero-order chi connectivity index (χ0) is 20.4. The second-order valence-electron chi connectivity index (χ2n) is 7.67. The van der Waals surface area contributed by atoms with Gasteiger partial charge in [-0.25, -0.2) is 8.78 Å². The molecule has 0 aromatic heterocycles. The molecule has 0 radical (unpaired) electrons. The van der Waals surface area contributed by atoms with Crippen LogP contribution in [0.2, 0.25) is 5.02 Å². The lowest BCUT2D eigenvalue weighted by molar-refractivity contribution is 0.0563. The van der Waals surface area contributed by atoms with Crippen LogP contribution < -0.4 is 4.90 Å². The highest BCUT2D eigenvalue weighted by molar-refractivity contribution is 6.33. The third-order valence-electron chi connectivity index (χ3n) is 5.87. The van der Waals surface area contributed by atoms with E-state index in [1.165, 1.54) is 30.3 Å². The van der Waals surface area contributed by atoms with Gasteiger partial charge in [0.25, 0.3) is 5.91 Å². The van der Waals surface area contributed by atoms with E-state index in [4.69, 9.17) is 11.6 Å². The molecule has 2 saturated heterocycles. The third kappa shape index (κ3) is 4.54. The lowest BCUT2D eigenvalue weighted by Gasteiger charge is -2.44. The summed E-state index contributed by atoms with van der Waals surface area (Å²) in [6, 6.07) is 10.9. The van der Waals surface area contributed by atoms with Crippen molar-refractivity contribution < 1.29 is 13.6 Å². The minimum absolute atomic E-state index is 0.135. The van der Waals surface area contributed by atoms with Crippen molar-refractivity contribution in [2.45, 2.75) is 18.9 Å². The number of carbonyl (C=O) groups is 1. The maximum absolute atomic E-state index is 13.3. The average molecular weight is 420 g/mol. The fraction of sp³-hybridized carbons (Fsp3) is 0.409. The van der Waals surface area contributed by atoms with E-state index >= 15 is 0 Å². The minimum Gasteiger partial charge on any atom is -0.369 e. The van der Waals surface area contributed by atoms with Gasteiger partial charge in [-0.3, -0.25) is 9.69 Å². The molecule has 2 heterocycles. The number of hydrogen-bond donors (Lipinski definition) is 0. The van der Waals surface area contributed by atoms with E-state index < -0.39 is 5.82 Å². The Kier molecular flexibility index (Phi) is 6.01. The van der Waals surface area contributed by atoms with Crippen molar-refractivity contribution in [3.63, 3.8) is 0 Å². The molecule has 0 N–H and O–H groups in total. The van der Waals surface area contributed by atoms with Crippen molar-refractivity contribution in [1.82, 2.24) is 9.80 Å². The van der Waals surface area contributed by atoms with E-state index in [1.807, 2.05) is 17.0 Å². The molecule has 4 nitrogen and oxygen atoms in total. The second kappa shape index (κ2) is 8.67. The van der Waals surface area contributed by atoms with Gasteiger partial charge >= 0.3 is 0 Å². The highest BCUT2D eigenvalue weighted by Gasteiger charge is 2.31. The number of benzene rings is 2. The van der Waals surface area contributed by atoms with Gasteiger partial charge in [0.1, 0.15) is 11.6 Å². The molecule has 7 heteroatoms. The average Bonchev–Trinajstić information content (AvgIpc) is 2.74. The molecule has 2 aromatic rings.